The third-order valence-electron chi connectivity index (χ3n) is 1.90. The van der Waals surface area contributed by atoms with Gasteiger partial charge in [0.15, 0.2) is 0 Å². The molecule has 1 rings (SSSR count). The van der Waals surface area contributed by atoms with Crippen molar-refractivity contribution in [2.24, 2.45) is 0 Å². The SMILES string of the molecule is N#Cc1ccc(C(F)(F)F)cc1/C=C/C(=O)O. The van der Waals surface area contributed by atoms with Crippen molar-refractivity contribution < 1.29 is 23.1 Å². The van der Waals surface area contributed by atoms with E-state index >= 15 is 0 Å². The first-order valence-electron chi connectivity index (χ1n) is 4.37. The van der Waals surface area contributed by atoms with Crippen LogP contribution in [0.4, 0.5) is 13.2 Å². The molecule has 0 saturated carbocycles. The molecule has 0 spiro atoms. The lowest BCUT2D eigenvalue weighted by Crippen LogP contribution is -2.05. The number of alkyl halides is 3. The maximum absolute atomic E-state index is 12.4. The first-order valence-corrected chi connectivity index (χ1v) is 4.37. The molecular weight excluding hydrogens is 235 g/mol. The standard InChI is InChI=1S/C11H6F3NO2/c12-11(13,14)9-3-1-8(6-15)7(5-9)2-4-10(16)17/h1-5H,(H,16,17)/b4-2+. The summed E-state index contributed by atoms with van der Waals surface area (Å²) in [5, 5.41) is 17.0. The van der Waals surface area contributed by atoms with Crippen LogP contribution in [0, 0.1) is 11.3 Å². The molecule has 17 heavy (non-hydrogen) atoms. The van der Waals surface area contributed by atoms with Crippen molar-refractivity contribution in [3.8, 4) is 6.07 Å². The maximum Gasteiger partial charge on any atom is 0.416 e. The van der Waals surface area contributed by atoms with Gasteiger partial charge in [0.1, 0.15) is 0 Å². The van der Waals surface area contributed by atoms with Gasteiger partial charge < -0.3 is 5.11 Å². The van der Waals surface area contributed by atoms with Gasteiger partial charge in [-0.25, -0.2) is 4.79 Å². The molecule has 0 amide bonds. The molecule has 0 aliphatic heterocycles. The summed E-state index contributed by atoms with van der Waals surface area (Å²) >= 11 is 0. The molecule has 0 fully saturated rings. The van der Waals surface area contributed by atoms with Crippen LogP contribution in [0.2, 0.25) is 0 Å². The Balaban J connectivity index is 3.26. The van der Waals surface area contributed by atoms with Crippen molar-refractivity contribution in [2.45, 2.75) is 6.18 Å². The molecule has 1 aromatic carbocycles. The number of nitriles is 1. The molecule has 0 unspecified atom stereocenters. The minimum absolute atomic E-state index is 0.0181. The van der Waals surface area contributed by atoms with Crippen LogP contribution in [0.25, 0.3) is 6.08 Å². The molecule has 0 aliphatic rings. The number of halogens is 3. The fourth-order valence-corrected chi connectivity index (χ4v) is 1.14. The Bertz CT molecular complexity index is 512. The minimum atomic E-state index is -4.53. The van der Waals surface area contributed by atoms with Crippen LogP contribution in [0.1, 0.15) is 16.7 Å². The van der Waals surface area contributed by atoms with E-state index in [1.165, 1.54) is 0 Å². The number of carboxylic acids is 1. The fraction of sp³-hybridized carbons (Fsp3) is 0.0909. The number of nitrogens with zero attached hydrogens (tertiary/aromatic N) is 1. The number of aliphatic carboxylic acids is 1. The molecule has 0 saturated heterocycles. The second-order valence-electron chi connectivity index (χ2n) is 3.08. The van der Waals surface area contributed by atoms with Crippen LogP contribution in [0.3, 0.4) is 0 Å². The molecule has 0 aliphatic carbocycles. The highest BCUT2D eigenvalue weighted by molar-refractivity contribution is 5.85. The Morgan fingerprint density at radius 3 is 2.53 bits per heavy atom. The van der Waals surface area contributed by atoms with E-state index in [9.17, 15) is 18.0 Å². The van der Waals surface area contributed by atoms with E-state index in [2.05, 4.69) is 0 Å². The Morgan fingerprint density at radius 1 is 1.41 bits per heavy atom. The largest absolute Gasteiger partial charge is 0.478 e. The highest BCUT2D eigenvalue weighted by Crippen LogP contribution is 2.30. The first-order chi connectivity index (χ1) is 7.84. The molecule has 3 nitrogen and oxygen atoms in total. The maximum atomic E-state index is 12.4. The number of hydrogen-bond acceptors (Lipinski definition) is 2. The predicted octanol–water partition coefficient (Wildman–Crippen LogP) is 2.67. The first kappa shape index (κ1) is 12.8. The van der Waals surface area contributed by atoms with Crippen molar-refractivity contribution in [1.82, 2.24) is 0 Å². The number of benzene rings is 1. The summed E-state index contributed by atoms with van der Waals surface area (Å²) in [7, 11) is 0. The lowest BCUT2D eigenvalue weighted by molar-refractivity contribution is -0.137. The monoisotopic (exact) mass is 241 g/mol. The number of rotatable bonds is 2. The molecule has 0 aromatic heterocycles. The summed E-state index contributed by atoms with van der Waals surface area (Å²) in [5.41, 5.74) is -1.03. The van der Waals surface area contributed by atoms with Gasteiger partial charge in [-0.15, -0.1) is 0 Å². The summed E-state index contributed by atoms with van der Waals surface area (Å²) < 4.78 is 37.1. The van der Waals surface area contributed by atoms with E-state index in [4.69, 9.17) is 10.4 Å². The highest BCUT2D eigenvalue weighted by atomic mass is 19.4. The number of carboxylic acid groups (broad SMARTS) is 1. The Kier molecular flexibility index (Phi) is 3.53. The van der Waals surface area contributed by atoms with Gasteiger partial charge >= 0.3 is 12.1 Å². The lowest BCUT2D eigenvalue weighted by Gasteiger charge is -2.07. The Morgan fingerprint density at radius 2 is 2.06 bits per heavy atom. The van der Waals surface area contributed by atoms with E-state index in [1.807, 2.05) is 0 Å². The quantitative estimate of drug-likeness (QED) is 0.809. The van der Waals surface area contributed by atoms with E-state index in [0.29, 0.717) is 6.08 Å². The molecule has 88 valence electrons. The van der Waals surface area contributed by atoms with Gasteiger partial charge in [0.25, 0.3) is 0 Å². The Hall–Kier alpha value is -2.29. The van der Waals surface area contributed by atoms with Crippen LogP contribution in [-0.4, -0.2) is 11.1 Å². The Labute approximate surface area is 94.4 Å². The highest BCUT2D eigenvalue weighted by Gasteiger charge is 2.30. The van der Waals surface area contributed by atoms with E-state index in [-0.39, 0.29) is 11.1 Å². The molecule has 0 atom stereocenters. The van der Waals surface area contributed by atoms with Crippen molar-refractivity contribution >= 4 is 12.0 Å². The second-order valence-corrected chi connectivity index (χ2v) is 3.08. The van der Waals surface area contributed by atoms with E-state index in [0.717, 1.165) is 24.3 Å². The molecule has 1 N–H and O–H groups in total. The van der Waals surface area contributed by atoms with E-state index in [1.54, 1.807) is 6.07 Å². The molecule has 0 heterocycles. The zero-order chi connectivity index (χ0) is 13.1. The average molecular weight is 241 g/mol. The predicted molar refractivity (Wildman–Crippen MR) is 52.8 cm³/mol. The summed E-state index contributed by atoms with van der Waals surface area (Å²) in [6.07, 6.45) is -2.90. The van der Waals surface area contributed by atoms with Gasteiger partial charge in [-0.3, -0.25) is 0 Å². The zero-order valence-corrected chi connectivity index (χ0v) is 8.32. The van der Waals surface area contributed by atoms with Crippen molar-refractivity contribution in [2.75, 3.05) is 0 Å². The van der Waals surface area contributed by atoms with Crippen LogP contribution < -0.4 is 0 Å². The fourth-order valence-electron chi connectivity index (χ4n) is 1.14. The van der Waals surface area contributed by atoms with E-state index < -0.39 is 17.7 Å². The van der Waals surface area contributed by atoms with Gasteiger partial charge in [-0.2, -0.15) is 18.4 Å². The number of carbonyl (C=O) groups is 1. The van der Waals surface area contributed by atoms with Crippen LogP contribution >= 0.6 is 0 Å². The average Bonchev–Trinajstić information content (AvgIpc) is 2.24. The molecule has 0 bridgehead atoms. The van der Waals surface area contributed by atoms with Gasteiger partial charge in [-0.1, -0.05) is 0 Å². The third kappa shape index (κ3) is 3.34. The van der Waals surface area contributed by atoms with Crippen LogP contribution in [0.15, 0.2) is 24.3 Å². The summed E-state index contributed by atoms with van der Waals surface area (Å²) in [6.45, 7) is 0. The van der Waals surface area contributed by atoms with Gasteiger partial charge in [0, 0.05) is 6.08 Å². The van der Waals surface area contributed by atoms with Gasteiger partial charge in [0.05, 0.1) is 17.2 Å². The van der Waals surface area contributed by atoms with Crippen LogP contribution in [-0.2, 0) is 11.0 Å². The van der Waals surface area contributed by atoms with Gasteiger partial charge in [-0.05, 0) is 29.8 Å². The zero-order valence-electron chi connectivity index (χ0n) is 8.32. The van der Waals surface area contributed by atoms with Crippen molar-refractivity contribution in [1.29, 1.82) is 5.26 Å². The normalized spacial score (nSPS) is 11.4. The van der Waals surface area contributed by atoms with Crippen molar-refractivity contribution in [3.63, 3.8) is 0 Å². The lowest BCUT2D eigenvalue weighted by atomic mass is 10.0. The number of hydrogen-bond donors (Lipinski definition) is 1. The summed E-state index contributed by atoms with van der Waals surface area (Å²) in [6, 6.07) is 4.20. The summed E-state index contributed by atoms with van der Waals surface area (Å²) in [4.78, 5) is 10.3. The minimum Gasteiger partial charge on any atom is -0.478 e. The van der Waals surface area contributed by atoms with Crippen LogP contribution in [0.5, 0.6) is 0 Å². The summed E-state index contributed by atoms with van der Waals surface area (Å²) in [5.74, 6) is -1.30. The topological polar surface area (TPSA) is 61.1 Å². The smallest absolute Gasteiger partial charge is 0.416 e. The molecule has 6 heteroatoms. The van der Waals surface area contributed by atoms with Crippen molar-refractivity contribution in [3.05, 3.63) is 41.0 Å². The molecular formula is C11H6F3NO2. The second kappa shape index (κ2) is 4.70. The molecule has 1 aromatic rings. The van der Waals surface area contributed by atoms with Gasteiger partial charge in [0.2, 0.25) is 0 Å². The molecule has 0 radical (unpaired) electrons. The third-order valence-corrected chi connectivity index (χ3v) is 1.90.